The maximum atomic E-state index is 6.25. The molecule has 2 N–H and O–H groups in total. The van der Waals surface area contributed by atoms with Crippen molar-refractivity contribution in [2.24, 2.45) is 5.41 Å². The van der Waals surface area contributed by atoms with Crippen LogP contribution in [0.2, 0.25) is 0 Å². The van der Waals surface area contributed by atoms with E-state index in [1.54, 1.807) is 0 Å². The molecule has 1 aromatic carbocycles. The van der Waals surface area contributed by atoms with Crippen LogP contribution in [0.4, 0.5) is 5.95 Å². The van der Waals surface area contributed by atoms with Crippen molar-refractivity contribution < 1.29 is 4.74 Å². The van der Waals surface area contributed by atoms with Gasteiger partial charge in [-0.3, -0.25) is 0 Å². The molecule has 2 aromatic rings. The number of benzene rings is 1. The summed E-state index contributed by atoms with van der Waals surface area (Å²) in [6.07, 6.45) is 4.65. The van der Waals surface area contributed by atoms with Crippen LogP contribution in [0.1, 0.15) is 52.5 Å². The van der Waals surface area contributed by atoms with Crippen molar-refractivity contribution in [3.8, 4) is 5.75 Å². The van der Waals surface area contributed by atoms with E-state index in [-0.39, 0.29) is 5.41 Å². The molecule has 0 spiro atoms. The molecule has 0 radical (unpaired) electrons. The maximum Gasteiger partial charge on any atom is 0.201 e. The summed E-state index contributed by atoms with van der Waals surface area (Å²) in [6, 6.07) is 6.54. The highest BCUT2D eigenvalue weighted by atomic mass is 16.5. The minimum Gasteiger partial charge on any atom is -0.491 e. The van der Waals surface area contributed by atoms with Crippen LogP contribution in [-0.2, 0) is 0 Å². The van der Waals surface area contributed by atoms with Crippen LogP contribution in [0.25, 0.3) is 11.0 Å². The number of rotatable bonds is 4. The highest BCUT2D eigenvalue weighted by Crippen LogP contribution is 2.48. The SMILES string of the molecule is CCCOc1cccc2c1nc(N)n2C1CCCC1(C)C. The van der Waals surface area contributed by atoms with Crippen LogP contribution in [0.3, 0.4) is 0 Å². The fourth-order valence-electron chi connectivity index (χ4n) is 3.55. The summed E-state index contributed by atoms with van der Waals surface area (Å²) in [6.45, 7) is 7.47. The first-order valence-corrected chi connectivity index (χ1v) is 7.94. The number of nitrogen functional groups attached to an aromatic ring is 1. The average molecular weight is 287 g/mol. The van der Waals surface area contributed by atoms with Gasteiger partial charge in [-0.25, -0.2) is 4.98 Å². The number of fused-ring (bicyclic) bond motifs is 1. The molecule has 1 aromatic heterocycles. The van der Waals surface area contributed by atoms with Gasteiger partial charge in [0.05, 0.1) is 12.1 Å². The Kier molecular flexibility index (Phi) is 3.56. The van der Waals surface area contributed by atoms with E-state index in [1.165, 1.54) is 19.3 Å². The van der Waals surface area contributed by atoms with E-state index in [1.807, 2.05) is 12.1 Å². The number of ether oxygens (including phenoxy) is 1. The van der Waals surface area contributed by atoms with Crippen molar-refractivity contribution in [3.05, 3.63) is 18.2 Å². The average Bonchev–Trinajstić information content (AvgIpc) is 2.95. The van der Waals surface area contributed by atoms with Crippen LogP contribution < -0.4 is 10.5 Å². The van der Waals surface area contributed by atoms with Gasteiger partial charge in [0.15, 0.2) is 0 Å². The van der Waals surface area contributed by atoms with E-state index in [0.29, 0.717) is 18.6 Å². The van der Waals surface area contributed by atoms with Crippen molar-refractivity contribution >= 4 is 17.0 Å². The lowest BCUT2D eigenvalue weighted by atomic mass is 9.87. The molecule has 21 heavy (non-hydrogen) atoms. The molecule has 1 atom stereocenters. The third kappa shape index (κ3) is 2.37. The topological polar surface area (TPSA) is 53.1 Å². The molecule has 1 aliphatic rings. The van der Waals surface area contributed by atoms with Crippen LogP contribution in [-0.4, -0.2) is 16.2 Å². The smallest absolute Gasteiger partial charge is 0.201 e. The fourth-order valence-corrected chi connectivity index (χ4v) is 3.55. The zero-order valence-electron chi connectivity index (χ0n) is 13.2. The van der Waals surface area contributed by atoms with Crippen molar-refractivity contribution in [1.29, 1.82) is 0 Å². The summed E-state index contributed by atoms with van der Waals surface area (Å²) < 4.78 is 8.04. The number of imidazole rings is 1. The molecule has 0 amide bonds. The number of anilines is 1. The van der Waals surface area contributed by atoms with E-state index in [4.69, 9.17) is 10.5 Å². The number of hydrogen-bond acceptors (Lipinski definition) is 3. The first-order chi connectivity index (χ1) is 10.0. The standard InChI is InChI=1S/C17H25N3O/c1-4-11-21-13-8-5-7-12-15(13)19-16(18)20(12)14-9-6-10-17(14,2)3/h5,7-8,14H,4,6,9-11H2,1-3H3,(H2,18,19). The summed E-state index contributed by atoms with van der Waals surface area (Å²) in [5.41, 5.74) is 8.51. The Balaban J connectivity index is 2.10. The molecule has 0 saturated heterocycles. The zero-order chi connectivity index (χ0) is 15.0. The number of hydrogen-bond donors (Lipinski definition) is 1. The van der Waals surface area contributed by atoms with Gasteiger partial charge in [0.2, 0.25) is 5.95 Å². The Bertz CT molecular complexity index is 645. The molecule has 114 valence electrons. The first kappa shape index (κ1) is 14.2. The number of aromatic nitrogens is 2. The molecule has 4 heteroatoms. The van der Waals surface area contributed by atoms with Gasteiger partial charge in [0.1, 0.15) is 11.3 Å². The van der Waals surface area contributed by atoms with Gasteiger partial charge in [-0.15, -0.1) is 0 Å². The van der Waals surface area contributed by atoms with Crippen LogP contribution >= 0.6 is 0 Å². The van der Waals surface area contributed by atoms with Gasteiger partial charge in [0.25, 0.3) is 0 Å². The number of para-hydroxylation sites is 1. The van der Waals surface area contributed by atoms with Gasteiger partial charge in [-0.2, -0.15) is 0 Å². The van der Waals surface area contributed by atoms with Crippen LogP contribution in [0, 0.1) is 5.41 Å². The van der Waals surface area contributed by atoms with E-state index < -0.39 is 0 Å². The quantitative estimate of drug-likeness (QED) is 0.918. The van der Waals surface area contributed by atoms with Gasteiger partial charge < -0.3 is 15.0 Å². The Morgan fingerprint density at radius 1 is 1.43 bits per heavy atom. The summed E-state index contributed by atoms with van der Waals surface area (Å²) >= 11 is 0. The number of nitrogens with two attached hydrogens (primary N) is 1. The Morgan fingerprint density at radius 3 is 2.90 bits per heavy atom. The van der Waals surface area contributed by atoms with Gasteiger partial charge >= 0.3 is 0 Å². The van der Waals surface area contributed by atoms with Crippen molar-refractivity contribution in [3.63, 3.8) is 0 Å². The Labute approximate surface area is 126 Å². The summed E-state index contributed by atoms with van der Waals surface area (Å²) in [4.78, 5) is 4.59. The second-order valence-electron chi connectivity index (χ2n) is 6.71. The van der Waals surface area contributed by atoms with Crippen molar-refractivity contribution in [2.45, 2.75) is 52.5 Å². The second-order valence-corrected chi connectivity index (χ2v) is 6.71. The molecule has 1 saturated carbocycles. The molecule has 1 aliphatic carbocycles. The summed E-state index contributed by atoms with van der Waals surface area (Å²) in [7, 11) is 0. The molecular weight excluding hydrogens is 262 g/mol. The molecular formula is C17H25N3O. The third-order valence-electron chi connectivity index (χ3n) is 4.68. The highest BCUT2D eigenvalue weighted by Gasteiger charge is 2.37. The lowest BCUT2D eigenvalue weighted by Gasteiger charge is -2.29. The normalized spacial score (nSPS) is 21.0. The first-order valence-electron chi connectivity index (χ1n) is 7.94. The molecule has 1 heterocycles. The minimum atomic E-state index is 0.266. The van der Waals surface area contributed by atoms with E-state index in [9.17, 15) is 0 Å². The lowest BCUT2D eigenvalue weighted by Crippen LogP contribution is -2.22. The molecule has 4 nitrogen and oxygen atoms in total. The predicted octanol–water partition coefficient (Wildman–Crippen LogP) is 4.16. The molecule has 0 aliphatic heterocycles. The summed E-state index contributed by atoms with van der Waals surface area (Å²) in [5, 5.41) is 0. The predicted molar refractivity (Wildman–Crippen MR) is 86.6 cm³/mol. The van der Waals surface area contributed by atoms with E-state index >= 15 is 0 Å². The monoisotopic (exact) mass is 287 g/mol. The lowest BCUT2D eigenvalue weighted by molar-refractivity contribution is 0.268. The minimum absolute atomic E-state index is 0.266. The van der Waals surface area contributed by atoms with Crippen LogP contribution in [0.15, 0.2) is 18.2 Å². The largest absolute Gasteiger partial charge is 0.491 e. The van der Waals surface area contributed by atoms with Gasteiger partial charge in [0, 0.05) is 6.04 Å². The third-order valence-corrected chi connectivity index (χ3v) is 4.68. The zero-order valence-corrected chi connectivity index (χ0v) is 13.2. The van der Waals surface area contributed by atoms with Gasteiger partial charge in [-0.05, 0) is 36.8 Å². The van der Waals surface area contributed by atoms with Crippen molar-refractivity contribution in [2.75, 3.05) is 12.3 Å². The Morgan fingerprint density at radius 2 is 2.24 bits per heavy atom. The van der Waals surface area contributed by atoms with E-state index in [2.05, 4.69) is 36.4 Å². The maximum absolute atomic E-state index is 6.25. The molecule has 3 rings (SSSR count). The summed E-state index contributed by atoms with van der Waals surface area (Å²) in [5.74, 6) is 1.45. The van der Waals surface area contributed by atoms with Gasteiger partial charge in [-0.1, -0.05) is 33.3 Å². The van der Waals surface area contributed by atoms with Crippen molar-refractivity contribution in [1.82, 2.24) is 9.55 Å². The molecule has 1 unspecified atom stereocenters. The van der Waals surface area contributed by atoms with Crippen LogP contribution in [0.5, 0.6) is 5.75 Å². The Hall–Kier alpha value is -1.71. The number of nitrogens with zero attached hydrogens (tertiary/aromatic N) is 2. The molecule has 1 fully saturated rings. The fraction of sp³-hybridized carbons (Fsp3) is 0.588. The highest BCUT2D eigenvalue weighted by molar-refractivity contribution is 5.84. The van der Waals surface area contributed by atoms with E-state index in [0.717, 1.165) is 23.2 Å². The second kappa shape index (κ2) is 5.24. The molecule has 0 bridgehead atoms.